The zero-order chi connectivity index (χ0) is 19.6. The molecule has 27 heavy (non-hydrogen) atoms. The number of sulfonamides is 1. The average Bonchev–Trinajstić information content (AvgIpc) is 2.64. The number of benzene rings is 1. The summed E-state index contributed by atoms with van der Waals surface area (Å²) in [6, 6.07) is 5.25. The van der Waals surface area contributed by atoms with Crippen LogP contribution in [0.3, 0.4) is 0 Å². The maximum Gasteiger partial charge on any atom is 0.303 e. The minimum atomic E-state index is -3.32. The number of hydrogen-bond donors (Lipinski definition) is 1. The fraction of sp³-hybridized carbons (Fsp3) is 0.579. The highest BCUT2D eigenvalue weighted by molar-refractivity contribution is 7.92. The molecule has 3 rings (SSSR count). The molecule has 148 valence electrons. The molecule has 7 nitrogen and oxygen atoms in total. The van der Waals surface area contributed by atoms with Crippen molar-refractivity contribution >= 4 is 27.6 Å². The van der Waals surface area contributed by atoms with Gasteiger partial charge >= 0.3 is 5.97 Å². The van der Waals surface area contributed by atoms with Crippen LogP contribution in [0.4, 0.5) is 5.69 Å². The fourth-order valence-electron chi connectivity index (χ4n) is 4.04. The molecule has 2 aliphatic heterocycles. The van der Waals surface area contributed by atoms with Gasteiger partial charge in [0, 0.05) is 31.6 Å². The lowest BCUT2D eigenvalue weighted by atomic mass is 9.92. The molecule has 1 aromatic rings. The topological polar surface area (TPSA) is 95.0 Å². The number of hydrogen-bond acceptors (Lipinski definition) is 4. The molecule has 1 aromatic carbocycles. The van der Waals surface area contributed by atoms with Crippen molar-refractivity contribution in [3.63, 3.8) is 0 Å². The van der Waals surface area contributed by atoms with Crippen LogP contribution in [0.15, 0.2) is 18.2 Å². The van der Waals surface area contributed by atoms with Crippen molar-refractivity contribution in [1.29, 1.82) is 0 Å². The van der Waals surface area contributed by atoms with Gasteiger partial charge in [0.15, 0.2) is 0 Å². The average molecular weight is 394 g/mol. The number of nitrogens with zero attached hydrogens (tertiary/aromatic N) is 2. The third-order valence-electron chi connectivity index (χ3n) is 5.38. The van der Waals surface area contributed by atoms with Crippen LogP contribution in [0.1, 0.15) is 48.0 Å². The molecule has 0 spiro atoms. The van der Waals surface area contributed by atoms with E-state index < -0.39 is 16.0 Å². The van der Waals surface area contributed by atoms with Gasteiger partial charge in [-0.05, 0) is 61.8 Å². The fourth-order valence-corrected chi connectivity index (χ4v) is 5.03. The number of carboxylic acid groups (broad SMARTS) is 1. The molecule has 1 N–H and O–H groups in total. The van der Waals surface area contributed by atoms with Crippen LogP contribution >= 0.6 is 0 Å². The molecule has 1 saturated heterocycles. The van der Waals surface area contributed by atoms with E-state index >= 15 is 0 Å². The first kappa shape index (κ1) is 19.7. The van der Waals surface area contributed by atoms with Gasteiger partial charge in [-0.3, -0.25) is 13.9 Å². The monoisotopic (exact) mass is 394 g/mol. The van der Waals surface area contributed by atoms with Gasteiger partial charge in [-0.25, -0.2) is 8.42 Å². The van der Waals surface area contributed by atoms with Gasteiger partial charge in [0.05, 0.1) is 11.9 Å². The largest absolute Gasteiger partial charge is 0.481 e. The van der Waals surface area contributed by atoms with E-state index in [1.165, 1.54) is 10.6 Å². The molecule has 0 bridgehead atoms. The van der Waals surface area contributed by atoms with Crippen LogP contribution < -0.4 is 4.31 Å². The van der Waals surface area contributed by atoms with Crippen molar-refractivity contribution in [3.8, 4) is 0 Å². The Morgan fingerprint density at radius 2 is 2.00 bits per heavy atom. The molecule has 0 aromatic heterocycles. The Morgan fingerprint density at radius 3 is 2.70 bits per heavy atom. The molecule has 0 saturated carbocycles. The van der Waals surface area contributed by atoms with Crippen molar-refractivity contribution in [2.24, 2.45) is 5.92 Å². The van der Waals surface area contributed by atoms with E-state index in [9.17, 15) is 18.0 Å². The molecular weight excluding hydrogens is 368 g/mol. The van der Waals surface area contributed by atoms with E-state index in [1.54, 1.807) is 17.0 Å². The third-order valence-corrected chi connectivity index (χ3v) is 6.56. The van der Waals surface area contributed by atoms with E-state index in [1.807, 2.05) is 6.07 Å². The number of fused-ring (bicyclic) bond motifs is 1. The normalized spacial score (nSPS) is 20.3. The number of likely N-dealkylation sites (tertiary alicyclic amines) is 1. The van der Waals surface area contributed by atoms with E-state index in [-0.39, 0.29) is 18.2 Å². The third kappa shape index (κ3) is 4.61. The van der Waals surface area contributed by atoms with Gasteiger partial charge in [-0.1, -0.05) is 0 Å². The number of anilines is 1. The lowest BCUT2D eigenvalue weighted by molar-refractivity contribution is -0.137. The number of aryl methyl sites for hydroxylation is 1. The summed E-state index contributed by atoms with van der Waals surface area (Å²) in [6.45, 7) is 1.73. The van der Waals surface area contributed by atoms with Gasteiger partial charge in [-0.2, -0.15) is 0 Å². The second kappa shape index (κ2) is 7.88. The number of aliphatic carboxylic acids is 1. The number of carbonyl (C=O) groups excluding carboxylic acids is 1. The van der Waals surface area contributed by atoms with Crippen molar-refractivity contribution < 1.29 is 23.1 Å². The summed E-state index contributed by atoms with van der Waals surface area (Å²) in [5.41, 5.74) is 2.12. The van der Waals surface area contributed by atoms with E-state index in [0.29, 0.717) is 37.3 Å². The van der Waals surface area contributed by atoms with Crippen LogP contribution in [0.2, 0.25) is 0 Å². The van der Waals surface area contributed by atoms with Crippen molar-refractivity contribution in [3.05, 3.63) is 29.3 Å². The van der Waals surface area contributed by atoms with Crippen LogP contribution in [0.25, 0.3) is 0 Å². The smallest absolute Gasteiger partial charge is 0.303 e. The van der Waals surface area contributed by atoms with Gasteiger partial charge in [0.2, 0.25) is 10.0 Å². The Balaban J connectivity index is 1.75. The Labute approximate surface area is 160 Å². The number of carboxylic acids is 1. The predicted molar refractivity (Wildman–Crippen MR) is 102 cm³/mol. The number of amides is 1. The highest BCUT2D eigenvalue weighted by Crippen LogP contribution is 2.31. The molecule has 1 fully saturated rings. The number of rotatable bonds is 5. The summed E-state index contributed by atoms with van der Waals surface area (Å²) >= 11 is 0. The van der Waals surface area contributed by atoms with Crippen LogP contribution in [-0.4, -0.2) is 56.2 Å². The van der Waals surface area contributed by atoms with Crippen LogP contribution in [-0.2, 0) is 21.2 Å². The molecule has 2 aliphatic rings. The lowest BCUT2D eigenvalue weighted by Crippen LogP contribution is -2.40. The quantitative estimate of drug-likeness (QED) is 0.825. The number of piperidine rings is 1. The summed E-state index contributed by atoms with van der Waals surface area (Å²) in [4.78, 5) is 25.5. The highest BCUT2D eigenvalue weighted by atomic mass is 32.2. The second-order valence-corrected chi connectivity index (χ2v) is 9.38. The molecule has 8 heteroatoms. The summed E-state index contributed by atoms with van der Waals surface area (Å²) < 4.78 is 25.3. The Morgan fingerprint density at radius 1 is 1.22 bits per heavy atom. The van der Waals surface area contributed by atoms with E-state index in [0.717, 1.165) is 31.2 Å². The highest BCUT2D eigenvalue weighted by Gasteiger charge is 2.28. The van der Waals surface area contributed by atoms with Crippen molar-refractivity contribution in [2.75, 3.05) is 30.2 Å². The zero-order valence-corrected chi connectivity index (χ0v) is 16.4. The molecule has 1 atom stereocenters. The SMILES string of the molecule is CS(=O)(=O)N1CCCc2cc(C(=O)N3CCCC(CCC(=O)O)C3)ccc21. The summed E-state index contributed by atoms with van der Waals surface area (Å²) in [6.07, 6.45) is 5.24. The van der Waals surface area contributed by atoms with Gasteiger partial charge in [0.25, 0.3) is 5.91 Å². The molecule has 2 heterocycles. The molecule has 1 amide bonds. The Kier molecular flexibility index (Phi) is 5.74. The summed E-state index contributed by atoms with van der Waals surface area (Å²) in [5, 5.41) is 8.86. The van der Waals surface area contributed by atoms with Crippen LogP contribution in [0, 0.1) is 5.92 Å². The first-order valence-corrected chi connectivity index (χ1v) is 11.2. The van der Waals surface area contributed by atoms with Gasteiger partial charge in [0.1, 0.15) is 0 Å². The Bertz CT molecular complexity index is 837. The molecule has 0 aliphatic carbocycles. The summed E-state index contributed by atoms with van der Waals surface area (Å²) in [5.74, 6) is -0.643. The predicted octanol–water partition coefficient (Wildman–Crippen LogP) is 2.12. The van der Waals surface area contributed by atoms with Crippen LogP contribution in [0.5, 0.6) is 0 Å². The first-order chi connectivity index (χ1) is 12.8. The second-order valence-electron chi connectivity index (χ2n) is 7.47. The lowest BCUT2D eigenvalue weighted by Gasteiger charge is -2.33. The van der Waals surface area contributed by atoms with E-state index in [4.69, 9.17) is 5.11 Å². The summed E-state index contributed by atoms with van der Waals surface area (Å²) in [7, 11) is -3.32. The zero-order valence-electron chi connectivity index (χ0n) is 15.6. The molecule has 0 radical (unpaired) electrons. The molecular formula is C19H26N2O5S. The standard InChI is InChI=1S/C19H26N2O5S/c1-27(25,26)21-11-3-5-15-12-16(7-8-17(15)21)19(24)20-10-2-4-14(13-20)6-9-18(22)23/h7-8,12,14H,2-6,9-11,13H2,1H3,(H,22,23). The van der Waals surface area contributed by atoms with Gasteiger partial charge in [-0.15, -0.1) is 0 Å². The maximum absolute atomic E-state index is 12.9. The first-order valence-electron chi connectivity index (χ1n) is 9.37. The van der Waals surface area contributed by atoms with Crippen molar-refractivity contribution in [2.45, 2.75) is 38.5 Å². The Hall–Kier alpha value is -2.09. The minimum Gasteiger partial charge on any atom is -0.481 e. The molecule has 1 unspecified atom stereocenters. The minimum absolute atomic E-state index is 0.0608. The van der Waals surface area contributed by atoms with Gasteiger partial charge < -0.3 is 10.0 Å². The van der Waals surface area contributed by atoms with Crippen molar-refractivity contribution in [1.82, 2.24) is 4.90 Å². The van der Waals surface area contributed by atoms with E-state index in [2.05, 4.69) is 0 Å². The maximum atomic E-state index is 12.9. The number of carbonyl (C=O) groups is 2.